The molecule has 0 aliphatic rings. The van der Waals surface area contributed by atoms with Crippen molar-refractivity contribution in [3.05, 3.63) is 52.8 Å². The van der Waals surface area contributed by atoms with Gasteiger partial charge in [0.1, 0.15) is 6.61 Å². The van der Waals surface area contributed by atoms with E-state index in [2.05, 4.69) is 22.3 Å². The standard InChI is InChI=1S/C16H17N3O2/c1-12-5-6-15(13(10-12)4-3-9-20)16(21)17-11-14-7-8-19(2)18-14/h5-8,10,20H,9,11H2,1-2H3,(H,17,21). The van der Waals surface area contributed by atoms with Crippen LogP contribution in [-0.2, 0) is 13.6 Å². The van der Waals surface area contributed by atoms with Gasteiger partial charge in [-0.1, -0.05) is 17.9 Å². The van der Waals surface area contributed by atoms with Crippen molar-refractivity contribution in [1.29, 1.82) is 0 Å². The first-order valence-electron chi connectivity index (χ1n) is 6.57. The van der Waals surface area contributed by atoms with E-state index in [0.717, 1.165) is 11.3 Å². The number of benzene rings is 1. The minimum Gasteiger partial charge on any atom is -0.384 e. The highest BCUT2D eigenvalue weighted by molar-refractivity contribution is 5.96. The number of amides is 1. The highest BCUT2D eigenvalue weighted by Crippen LogP contribution is 2.11. The van der Waals surface area contributed by atoms with Crippen LogP contribution in [-0.4, -0.2) is 27.4 Å². The van der Waals surface area contributed by atoms with Crippen LogP contribution in [0, 0.1) is 18.8 Å². The largest absolute Gasteiger partial charge is 0.384 e. The molecule has 2 rings (SSSR count). The van der Waals surface area contributed by atoms with Gasteiger partial charge in [-0.3, -0.25) is 9.48 Å². The van der Waals surface area contributed by atoms with Crippen LogP contribution in [0.25, 0.3) is 0 Å². The number of aliphatic hydroxyl groups excluding tert-OH is 1. The average molecular weight is 283 g/mol. The normalized spacial score (nSPS) is 9.86. The zero-order valence-electron chi connectivity index (χ0n) is 12.1. The number of carbonyl (C=O) groups excluding carboxylic acids is 1. The van der Waals surface area contributed by atoms with Gasteiger partial charge >= 0.3 is 0 Å². The van der Waals surface area contributed by atoms with Crippen molar-refractivity contribution in [2.45, 2.75) is 13.5 Å². The second-order valence-electron chi connectivity index (χ2n) is 4.67. The lowest BCUT2D eigenvalue weighted by atomic mass is 10.0. The smallest absolute Gasteiger partial charge is 0.252 e. The van der Waals surface area contributed by atoms with E-state index >= 15 is 0 Å². The Morgan fingerprint density at radius 3 is 2.90 bits per heavy atom. The Morgan fingerprint density at radius 1 is 1.43 bits per heavy atom. The molecule has 2 N–H and O–H groups in total. The van der Waals surface area contributed by atoms with E-state index in [1.54, 1.807) is 10.7 Å². The Kier molecular flexibility index (Phi) is 4.75. The third-order valence-corrected chi connectivity index (χ3v) is 2.92. The van der Waals surface area contributed by atoms with Crippen molar-refractivity contribution in [2.24, 2.45) is 7.05 Å². The number of aromatic nitrogens is 2. The van der Waals surface area contributed by atoms with Crippen LogP contribution < -0.4 is 5.32 Å². The van der Waals surface area contributed by atoms with Gasteiger partial charge in [0, 0.05) is 18.8 Å². The molecule has 0 saturated heterocycles. The fraction of sp³-hybridized carbons (Fsp3) is 0.250. The Labute approximate surface area is 123 Å². The summed E-state index contributed by atoms with van der Waals surface area (Å²) in [6.07, 6.45) is 1.82. The van der Waals surface area contributed by atoms with E-state index in [0.29, 0.717) is 17.7 Å². The molecule has 1 aromatic heterocycles. The third kappa shape index (κ3) is 3.94. The summed E-state index contributed by atoms with van der Waals surface area (Å²) in [5, 5.41) is 15.8. The summed E-state index contributed by atoms with van der Waals surface area (Å²) in [7, 11) is 1.83. The number of aliphatic hydroxyl groups is 1. The zero-order valence-corrected chi connectivity index (χ0v) is 12.1. The van der Waals surface area contributed by atoms with Gasteiger partial charge in [-0.05, 0) is 30.7 Å². The molecule has 0 atom stereocenters. The third-order valence-electron chi connectivity index (χ3n) is 2.92. The predicted octanol–water partition coefficient (Wildman–Crippen LogP) is 1.00. The van der Waals surface area contributed by atoms with E-state index < -0.39 is 0 Å². The van der Waals surface area contributed by atoms with Crippen molar-refractivity contribution in [2.75, 3.05) is 6.61 Å². The Hall–Kier alpha value is -2.58. The number of nitrogens with zero attached hydrogens (tertiary/aromatic N) is 2. The molecule has 0 unspecified atom stereocenters. The van der Waals surface area contributed by atoms with Gasteiger partial charge in [0.05, 0.1) is 17.8 Å². The first-order valence-corrected chi connectivity index (χ1v) is 6.57. The fourth-order valence-corrected chi connectivity index (χ4v) is 1.92. The molecule has 5 heteroatoms. The van der Waals surface area contributed by atoms with E-state index in [4.69, 9.17) is 5.11 Å². The zero-order chi connectivity index (χ0) is 15.2. The van der Waals surface area contributed by atoms with Gasteiger partial charge in [0.2, 0.25) is 0 Å². The van der Waals surface area contributed by atoms with Gasteiger partial charge in [-0.25, -0.2) is 0 Å². The molecule has 1 amide bonds. The number of hydrogen-bond donors (Lipinski definition) is 2. The van der Waals surface area contributed by atoms with E-state index in [1.807, 2.05) is 38.4 Å². The maximum Gasteiger partial charge on any atom is 0.252 e. The quantitative estimate of drug-likeness (QED) is 0.826. The van der Waals surface area contributed by atoms with Crippen molar-refractivity contribution in [1.82, 2.24) is 15.1 Å². The van der Waals surface area contributed by atoms with Gasteiger partial charge in [-0.2, -0.15) is 5.10 Å². The van der Waals surface area contributed by atoms with Crippen LogP contribution in [0.15, 0.2) is 30.5 Å². The topological polar surface area (TPSA) is 67.2 Å². The van der Waals surface area contributed by atoms with Crippen molar-refractivity contribution in [3.63, 3.8) is 0 Å². The molecule has 0 bridgehead atoms. The highest BCUT2D eigenvalue weighted by Gasteiger charge is 2.10. The molecular weight excluding hydrogens is 266 g/mol. The van der Waals surface area contributed by atoms with Crippen LogP contribution in [0.5, 0.6) is 0 Å². The molecule has 1 heterocycles. The summed E-state index contributed by atoms with van der Waals surface area (Å²) in [5.41, 5.74) is 2.92. The summed E-state index contributed by atoms with van der Waals surface area (Å²) in [5.74, 6) is 5.17. The maximum atomic E-state index is 12.2. The summed E-state index contributed by atoms with van der Waals surface area (Å²) in [4.78, 5) is 12.2. The average Bonchev–Trinajstić information content (AvgIpc) is 2.88. The van der Waals surface area contributed by atoms with Gasteiger partial charge in [0.15, 0.2) is 0 Å². The lowest BCUT2D eigenvalue weighted by Gasteiger charge is -2.07. The monoisotopic (exact) mass is 283 g/mol. The summed E-state index contributed by atoms with van der Waals surface area (Å²) in [6.45, 7) is 2.06. The summed E-state index contributed by atoms with van der Waals surface area (Å²) in [6, 6.07) is 7.28. The van der Waals surface area contributed by atoms with E-state index in [-0.39, 0.29) is 12.5 Å². The molecule has 2 aromatic rings. The summed E-state index contributed by atoms with van der Waals surface area (Å²) < 4.78 is 1.69. The van der Waals surface area contributed by atoms with Crippen LogP contribution in [0.2, 0.25) is 0 Å². The molecule has 0 saturated carbocycles. The minimum absolute atomic E-state index is 0.206. The molecule has 0 aliphatic carbocycles. The molecule has 1 aromatic carbocycles. The van der Waals surface area contributed by atoms with Crippen LogP contribution >= 0.6 is 0 Å². The highest BCUT2D eigenvalue weighted by atomic mass is 16.2. The molecular formula is C16H17N3O2. The lowest BCUT2D eigenvalue weighted by Crippen LogP contribution is -2.24. The molecule has 5 nitrogen and oxygen atoms in total. The first-order chi connectivity index (χ1) is 10.1. The molecule has 108 valence electrons. The number of rotatable bonds is 3. The second kappa shape index (κ2) is 6.73. The van der Waals surface area contributed by atoms with Gasteiger partial charge in [-0.15, -0.1) is 0 Å². The van der Waals surface area contributed by atoms with Gasteiger partial charge < -0.3 is 10.4 Å². The molecule has 0 fully saturated rings. The summed E-state index contributed by atoms with van der Waals surface area (Å²) >= 11 is 0. The maximum absolute atomic E-state index is 12.2. The molecule has 0 radical (unpaired) electrons. The van der Waals surface area contributed by atoms with Crippen LogP contribution in [0.1, 0.15) is 27.2 Å². The van der Waals surface area contributed by atoms with Gasteiger partial charge in [0.25, 0.3) is 5.91 Å². The van der Waals surface area contributed by atoms with Crippen LogP contribution in [0.3, 0.4) is 0 Å². The van der Waals surface area contributed by atoms with Crippen molar-refractivity contribution in [3.8, 4) is 11.8 Å². The fourth-order valence-electron chi connectivity index (χ4n) is 1.92. The van der Waals surface area contributed by atoms with Crippen molar-refractivity contribution >= 4 is 5.91 Å². The number of hydrogen-bond acceptors (Lipinski definition) is 3. The van der Waals surface area contributed by atoms with Crippen molar-refractivity contribution < 1.29 is 9.90 Å². The van der Waals surface area contributed by atoms with E-state index in [9.17, 15) is 4.79 Å². The van der Waals surface area contributed by atoms with Crippen LogP contribution in [0.4, 0.5) is 0 Å². The molecule has 21 heavy (non-hydrogen) atoms. The number of nitrogens with one attached hydrogen (secondary N) is 1. The SMILES string of the molecule is Cc1ccc(C(=O)NCc2ccn(C)n2)c(C#CCO)c1. The molecule has 0 aliphatic heterocycles. The Morgan fingerprint density at radius 2 is 2.24 bits per heavy atom. The predicted molar refractivity (Wildman–Crippen MR) is 79.5 cm³/mol. The Balaban J connectivity index is 2.14. The number of aryl methyl sites for hydroxylation is 2. The minimum atomic E-state index is -0.233. The Bertz CT molecular complexity index is 708. The molecule has 0 spiro atoms. The number of carbonyl (C=O) groups is 1. The first kappa shape index (κ1) is 14.8. The second-order valence-corrected chi connectivity index (χ2v) is 4.67. The lowest BCUT2D eigenvalue weighted by molar-refractivity contribution is 0.0950. The van der Waals surface area contributed by atoms with E-state index in [1.165, 1.54) is 0 Å².